The lowest BCUT2D eigenvalue weighted by molar-refractivity contribution is 0.0696. The van der Waals surface area contributed by atoms with Gasteiger partial charge in [0.15, 0.2) is 5.82 Å². The second-order valence-corrected chi connectivity index (χ2v) is 7.33. The van der Waals surface area contributed by atoms with Crippen molar-refractivity contribution in [2.45, 2.75) is 23.7 Å². The number of carbonyl (C=O) groups is 1. The second-order valence-electron chi connectivity index (χ2n) is 6.48. The fraction of sp³-hybridized carbons (Fsp3) is 0.143. The summed E-state index contributed by atoms with van der Waals surface area (Å²) < 4.78 is 3.28. The van der Waals surface area contributed by atoms with Gasteiger partial charge in [0.25, 0.3) is 0 Å². The minimum absolute atomic E-state index is 0.256. The Kier molecular flexibility index (Phi) is 4.96. The number of carboxylic acid groups (broad SMARTS) is 1. The summed E-state index contributed by atoms with van der Waals surface area (Å²) in [6, 6.07) is 14.4. The molecule has 4 rings (SSSR count). The van der Waals surface area contributed by atoms with Gasteiger partial charge in [-0.25, -0.2) is 14.8 Å². The normalized spacial score (nSPS) is 13.0. The second kappa shape index (κ2) is 7.71. The van der Waals surface area contributed by atoms with Crippen molar-refractivity contribution in [3.63, 3.8) is 0 Å². The van der Waals surface area contributed by atoms with Crippen molar-refractivity contribution in [3.05, 3.63) is 71.5 Å². The van der Waals surface area contributed by atoms with Crippen LogP contribution in [0.3, 0.4) is 0 Å². The number of anilines is 1. The van der Waals surface area contributed by atoms with Gasteiger partial charge in [-0.2, -0.15) is 5.26 Å². The summed E-state index contributed by atoms with van der Waals surface area (Å²) in [5.74, 6) is 0.0837. The first-order chi connectivity index (χ1) is 13.7. The molecule has 2 aromatic carbocycles. The molecule has 1 aliphatic rings. The molecule has 1 heterocycles. The maximum Gasteiger partial charge on any atom is 0.335 e. The lowest BCUT2D eigenvalue weighted by Gasteiger charge is -2.14. The third-order valence-corrected chi connectivity index (χ3v) is 5.40. The SMILES string of the molecule is N#Cc1ccc(-c2ncccn2)c(NSc2cc(C(=O)O)ccc2C2CC2)c1. The van der Waals surface area contributed by atoms with E-state index >= 15 is 0 Å². The first-order valence-electron chi connectivity index (χ1n) is 8.77. The minimum atomic E-state index is -0.950. The molecule has 138 valence electrons. The van der Waals surface area contributed by atoms with E-state index < -0.39 is 5.97 Å². The minimum Gasteiger partial charge on any atom is -0.478 e. The summed E-state index contributed by atoms with van der Waals surface area (Å²) in [5, 5.41) is 18.6. The van der Waals surface area contributed by atoms with E-state index in [4.69, 9.17) is 0 Å². The van der Waals surface area contributed by atoms with E-state index in [-0.39, 0.29) is 5.56 Å². The molecule has 0 unspecified atom stereocenters. The lowest BCUT2D eigenvalue weighted by atomic mass is 10.1. The molecule has 1 aromatic heterocycles. The molecule has 7 heteroatoms. The van der Waals surface area contributed by atoms with E-state index in [2.05, 4.69) is 20.8 Å². The maximum atomic E-state index is 11.4. The fourth-order valence-electron chi connectivity index (χ4n) is 2.93. The Morgan fingerprint density at radius 1 is 1.18 bits per heavy atom. The van der Waals surface area contributed by atoms with Crippen LogP contribution < -0.4 is 4.72 Å². The molecule has 1 fully saturated rings. The van der Waals surface area contributed by atoms with Crippen LogP contribution in [0, 0.1) is 11.3 Å². The molecule has 0 atom stereocenters. The smallest absolute Gasteiger partial charge is 0.335 e. The molecule has 0 saturated heterocycles. The largest absolute Gasteiger partial charge is 0.478 e. The van der Waals surface area contributed by atoms with Crippen LogP contribution in [0.1, 0.15) is 40.2 Å². The summed E-state index contributed by atoms with van der Waals surface area (Å²) >= 11 is 1.35. The molecule has 28 heavy (non-hydrogen) atoms. The Balaban J connectivity index is 1.68. The number of aromatic nitrogens is 2. The average Bonchev–Trinajstić information content (AvgIpc) is 3.57. The highest BCUT2D eigenvalue weighted by molar-refractivity contribution is 8.00. The maximum absolute atomic E-state index is 11.4. The van der Waals surface area contributed by atoms with Crippen LogP contribution >= 0.6 is 11.9 Å². The quantitative estimate of drug-likeness (QED) is 0.590. The third kappa shape index (κ3) is 3.82. The summed E-state index contributed by atoms with van der Waals surface area (Å²) in [4.78, 5) is 20.8. The van der Waals surface area contributed by atoms with Gasteiger partial charge in [0.2, 0.25) is 0 Å². The molecule has 0 spiro atoms. The van der Waals surface area contributed by atoms with Gasteiger partial charge in [-0.05, 0) is 72.7 Å². The Morgan fingerprint density at radius 3 is 2.64 bits per heavy atom. The summed E-state index contributed by atoms with van der Waals surface area (Å²) in [6.07, 6.45) is 5.57. The van der Waals surface area contributed by atoms with Gasteiger partial charge in [0.1, 0.15) is 0 Å². The fourth-order valence-corrected chi connectivity index (χ4v) is 3.86. The van der Waals surface area contributed by atoms with Crippen molar-refractivity contribution >= 4 is 23.6 Å². The van der Waals surface area contributed by atoms with E-state index in [0.29, 0.717) is 23.0 Å². The highest BCUT2D eigenvalue weighted by Gasteiger charge is 2.27. The molecular weight excluding hydrogens is 372 g/mol. The van der Waals surface area contributed by atoms with Crippen LogP contribution in [0.25, 0.3) is 11.4 Å². The molecule has 3 aromatic rings. The molecule has 0 amide bonds. The van der Waals surface area contributed by atoms with Gasteiger partial charge < -0.3 is 9.83 Å². The highest BCUT2D eigenvalue weighted by atomic mass is 32.2. The number of carboxylic acids is 1. The zero-order valence-corrected chi connectivity index (χ0v) is 15.6. The van der Waals surface area contributed by atoms with Gasteiger partial charge in [0, 0.05) is 22.9 Å². The van der Waals surface area contributed by atoms with Crippen molar-refractivity contribution < 1.29 is 9.90 Å². The summed E-state index contributed by atoms with van der Waals surface area (Å²) in [7, 11) is 0. The number of hydrogen-bond donors (Lipinski definition) is 2. The molecule has 0 bridgehead atoms. The van der Waals surface area contributed by atoms with Crippen LogP contribution in [-0.4, -0.2) is 21.0 Å². The Bertz CT molecular complexity index is 1080. The standard InChI is InChI=1S/C21H16N4O2S/c22-12-13-2-6-17(20-23-8-1-9-24-20)18(10-13)25-28-19-11-15(21(26)27)5-7-16(19)14-3-4-14/h1-2,5-11,14,25H,3-4H2,(H,26,27). The van der Waals surface area contributed by atoms with E-state index in [1.54, 1.807) is 42.7 Å². The van der Waals surface area contributed by atoms with Crippen LogP contribution in [0.5, 0.6) is 0 Å². The van der Waals surface area contributed by atoms with Gasteiger partial charge in [0.05, 0.1) is 22.9 Å². The average molecular weight is 388 g/mol. The topological polar surface area (TPSA) is 98.9 Å². The van der Waals surface area contributed by atoms with E-state index in [9.17, 15) is 15.2 Å². The molecule has 0 aliphatic heterocycles. The number of aromatic carboxylic acids is 1. The first-order valence-corrected chi connectivity index (χ1v) is 9.59. The number of rotatable bonds is 6. The predicted octanol–water partition coefficient (Wildman–Crippen LogP) is 4.71. The van der Waals surface area contributed by atoms with E-state index in [1.807, 2.05) is 12.1 Å². The van der Waals surface area contributed by atoms with Crippen LogP contribution in [-0.2, 0) is 0 Å². The van der Waals surface area contributed by atoms with Gasteiger partial charge >= 0.3 is 5.97 Å². The van der Waals surface area contributed by atoms with E-state index in [1.165, 1.54) is 11.9 Å². The third-order valence-electron chi connectivity index (χ3n) is 4.50. The van der Waals surface area contributed by atoms with Crippen LogP contribution in [0.2, 0.25) is 0 Å². The molecule has 6 nitrogen and oxygen atoms in total. The molecule has 2 N–H and O–H groups in total. The van der Waals surface area contributed by atoms with Gasteiger partial charge in [-0.15, -0.1) is 0 Å². The Labute approximate surface area is 166 Å². The monoisotopic (exact) mass is 388 g/mol. The van der Waals surface area contributed by atoms with Crippen molar-refractivity contribution in [1.29, 1.82) is 5.26 Å². The van der Waals surface area contributed by atoms with Crippen molar-refractivity contribution in [2.24, 2.45) is 0 Å². The summed E-state index contributed by atoms with van der Waals surface area (Å²) in [6.45, 7) is 0. The number of nitrogens with zero attached hydrogens (tertiary/aromatic N) is 3. The predicted molar refractivity (Wildman–Crippen MR) is 107 cm³/mol. The Hall–Kier alpha value is -3.37. The molecule has 1 saturated carbocycles. The van der Waals surface area contributed by atoms with E-state index in [0.717, 1.165) is 28.9 Å². The highest BCUT2D eigenvalue weighted by Crippen LogP contribution is 2.45. The van der Waals surface area contributed by atoms with Crippen LogP contribution in [0.15, 0.2) is 59.8 Å². The van der Waals surface area contributed by atoms with Crippen molar-refractivity contribution in [2.75, 3.05) is 4.72 Å². The van der Waals surface area contributed by atoms with Crippen LogP contribution in [0.4, 0.5) is 5.69 Å². The number of nitriles is 1. The number of benzene rings is 2. The molecule has 0 radical (unpaired) electrons. The van der Waals surface area contributed by atoms with Gasteiger partial charge in [-0.1, -0.05) is 6.07 Å². The lowest BCUT2D eigenvalue weighted by Crippen LogP contribution is -2.00. The Morgan fingerprint density at radius 2 is 1.96 bits per heavy atom. The van der Waals surface area contributed by atoms with Crippen molar-refractivity contribution in [1.82, 2.24) is 9.97 Å². The zero-order valence-electron chi connectivity index (χ0n) is 14.8. The first kappa shape index (κ1) is 18.0. The summed E-state index contributed by atoms with van der Waals surface area (Å²) in [5.41, 5.74) is 3.40. The van der Waals surface area contributed by atoms with Crippen molar-refractivity contribution in [3.8, 4) is 17.5 Å². The van der Waals surface area contributed by atoms with Gasteiger partial charge in [-0.3, -0.25) is 0 Å². The zero-order chi connectivity index (χ0) is 19.5. The number of hydrogen-bond acceptors (Lipinski definition) is 6. The number of nitrogens with one attached hydrogen (secondary N) is 1. The molecule has 1 aliphatic carbocycles. The molecular formula is C21H16N4O2S.